The molecule has 5 aromatic rings. The molecule has 0 aliphatic carbocycles. The van der Waals surface area contributed by atoms with E-state index in [4.69, 9.17) is 0 Å². The third kappa shape index (κ3) is 3.99. The maximum Gasteiger partial charge on any atom is 0.260 e. The molecular weight excluding hydrogens is 406 g/mol. The number of aryl methyl sites for hydroxylation is 1. The Morgan fingerprint density at radius 3 is 2.36 bits per heavy atom. The van der Waals surface area contributed by atoms with Gasteiger partial charge in [-0.15, -0.1) is 0 Å². The van der Waals surface area contributed by atoms with Crippen LogP contribution in [0.3, 0.4) is 0 Å². The molecule has 0 bridgehead atoms. The number of fused-ring (bicyclic) bond motifs is 1. The first-order valence-corrected chi connectivity index (χ1v) is 10.8. The summed E-state index contributed by atoms with van der Waals surface area (Å²) in [4.78, 5) is 21.6. The summed E-state index contributed by atoms with van der Waals surface area (Å²) < 4.78 is 1.74. The van der Waals surface area contributed by atoms with Crippen molar-refractivity contribution < 1.29 is 0 Å². The van der Waals surface area contributed by atoms with E-state index in [-0.39, 0.29) is 5.56 Å². The van der Waals surface area contributed by atoms with Crippen LogP contribution in [0.5, 0.6) is 0 Å². The number of pyridine rings is 2. The average Bonchev–Trinajstić information content (AvgIpc) is 2.87. The van der Waals surface area contributed by atoms with Crippen LogP contribution in [-0.2, 0) is 6.54 Å². The second-order valence-corrected chi connectivity index (χ2v) is 8.12. The van der Waals surface area contributed by atoms with Crippen LogP contribution in [0.1, 0.15) is 11.1 Å². The Hall–Kier alpha value is -4.31. The van der Waals surface area contributed by atoms with Gasteiger partial charge in [0.05, 0.1) is 17.6 Å². The monoisotopic (exact) mass is 429 g/mol. The molecule has 0 aliphatic heterocycles. The molecule has 0 atom stereocenters. The van der Waals surface area contributed by atoms with E-state index in [0.717, 1.165) is 44.5 Å². The number of hydrogen-bond acceptors (Lipinski definition) is 3. The molecule has 0 radical (unpaired) electrons. The number of hydrogen-bond donors (Lipinski definition) is 0. The highest BCUT2D eigenvalue weighted by atomic mass is 16.1. The SMILES string of the molecule is C=Nc1cc(-c2ccc(Cn3ccc4c(-c5ccccc5)cncc4c3=O)cc2)ccc1C. The summed E-state index contributed by atoms with van der Waals surface area (Å²) >= 11 is 0. The topological polar surface area (TPSA) is 47.2 Å². The van der Waals surface area contributed by atoms with E-state index in [9.17, 15) is 4.79 Å². The average molecular weight is 430 g/mol. The third-order valence-corrected chi connectivity index (χ3v) is 6.00. The Kier molecular flexibility index (Phi) is 5.41. The zero-order valence-corrected chi connectivity index (χ0v) is 18.4. The van der Waals surface area contributed by atoms with Gasteiger partial charge in [-0.05, 0) is 59.0 Å². The van der Waals surface area contributed by atoms with Gasteiger partial charge in [0.1, 0.15) is 0 Å². The molecule has 2 aromatic heterocycles. The fourth-order valence-corrected chi connectivity index (χ4v) is 4.14. The summed E-state index contributed by atoms with van der Waals surface area (Å²) in [6.07, 6.45) is 5.35. The van der Waals surface area contributed by atoms with E-state index in [1.54, 1.807) is 10.8 Å². The number of rotatable bonds is 5. The highest BCUT2D eigenvalue weighted by Crippen LogP contribution is 2.28. The summed E-state index contributed by atoms with van der Waals surface area (Å²) in [5.41, 5.74) is 7.22. The minimum atomic E-state index is -0.0397. The maximum absolute atomic E-state index is 13.2. The van der Waals surface area contributed by atoms with Crippen molar-refractivity contribution in [3.63, 3.8) is 0 Å². The summed E-state index contributed by atoms with van der Waals surface area (Å²) in [7, 11) is 0. The standard InChI is InChI=1S/C29H23N3O/c1-20-8-11-24(16-28(20)30-2)22-12-9-21(10-13-22)19-32-15-14-25-26(23-6-4-3-5-7-23)17-31-18-27(25)29(32)33/h3-18H,2,19H2,1H3. The molecule has 4 nitrogen and oxygen atoms in total. The first kappa shape index (κ1) is 20.6. The van der Waals surface area contributed by atoms with Crippen LogP contribution in [0.2, 0.25) is 0 Å². The Morgan fingerprint density at radius 1 is 0.848 bits per heavy atom. The van der Waals surface area contributed by atoms with Crippen molar-refractivity contribution in [2.45, 2.75) is 13.5 Å². The fourth-order valence-electron chi connectivity index (χ4n) is 4.14. The third-order valence-electron chi connectivity index (χ3n) is 6.00. The molecule has 0 aliphatic rings. The largest absolute Gasteiger partial charge is 0.311 e. The maximum atomic E-state index is 13.2. The first-order chi connectivity index (χ1) is 16.1. The van der Waals surface area contributed by atoms with Gasteiger partial charge in [-0.2, -0.15) is 0 Å². The van der Waals surface area contributed by atoms with Gasteiger partial charge in [0.25, 0.3) is 5.56 Å². The lowest BCUT2D eigenvalue weighted by Crippen LogP contribution is -2.20. The first-order valence-electron chi connectivity index (χ1n) is 10.8. The molecule has 4 heteroatoms. The van der Waals surface area contributed by atoms with Gasteiger partial charge in [0.15, 0.2) is 0 Å². The van der Waals surface area contributed by atoms with Crippen LogP contribution in [0.15, 0.2) is 107 Å². The number of benzene rings is 3. The number of aliphatic imine (C=N–C) groups is 1. The van der Waals surface area contributed by atoms with Gasteiger partial charge in [-0.25, -0.2) is 0 Å². The van der Waals surface area contributed by atoms with Gasteiger partial charge in [0, 0.05) is 24.2 Å². The van der Waals surface area contributed by atoms with Crippen molar-refractivity contribution in [3.05, 3.63) is 119 Å². The molecule has 0 spiro atoms. The fraction of sp³-hybridized carbons (Fsp3) is 0.0690. The number of aromatic nitrogens is 2. The van der Waals surface area contributed by atoms with Crippen LogP contribution in [0, 0.1) is 6.92 Å². The predicted molar refractivity (Wildman–Crippen MR) is 136 cm³/mol. The van der Waals surface area contributed by atoms with Crippen LogP contribution < -0.4 is 5.56 Å². The lowest BCUT2D eigenvalue weighted by atomic mass is 10.0. The number of nitrogens with zero attached hydrogens (tertiary/aromatic N) is 3. The second kappa shape index (κ2) is 8.67. The molecule has 0 fully saturated rings. The molecule has 160 valence electrons. The van der Waals surface area contributed by atoms with Crippen molar-refractivity contribution in [2.75, 3.05) is 0 Å². The van der Waals surface area contributed by atoms with E-state index in [1.807, 2.05) is 61.8 Å². The highest BCUT2D eigenvalue weighted by Gasteiger charge is 2.10. The highest BCUT2D eigenvalue weighted by molar-refractivity contribution is 5.95. The quantitative estimate of drug-likeness (QED) is 0.303. The molecule has 0 saturated carbocycles. The molecule has 0 unspecified atom stereocenters. The van der Waals surface area contributed by atoms with Crippen molar-refractivity contribution in [3.8, 4) is 22.3 Å². The van der Waals surface area contributed by atoms with E-state index in [0.29, 0.717) is 11.9 Å². The van der Waals surface area contributed by atoms with Crippen LogP contribution in [0.4, 0.5) is 5.69 Å². The van der Waals surface area contributed by atoms with Crippen molar-refractivity contribution >= 4 is 23.2 Å². The van der Waals surface area contributed by atoms with Gasteiger partial charge in [-0.3, -0.25) is 14.8 Å². The Bertz CT molecular complexity index is 1520. The molecular formula is C29H23N3O. The van der Waals surface area contributed by atoms with Gasteiger partial charge >= 0.3 is 0 Å². The van der Waals surface area contributed by atoms with Gasteiger partial charge in [0.2, 0.25) is 0 Å². The van der Waals surface area contributed by atoms with Crippen LogP contribution in [-0.4, -0.2) is 16.3 Å². The molecule has 0 saturated heterocycles. The lowest BCUT2D eigenvalue weighted by Gasteiger charge is -2.11. The predicted octanol–water partition coefficient (Wildman–Crippen LogP) is 6.42. The Labute approximate surface area is 192 Å². The molecule has 0 amide bonds. The summed E-state index contributed by atoms with van der Waals surface area (Å²) in [5, 5.41) is 1.54. The van der Waals surface area contributed by atoms with E-state index in [2.05, 4.69) is 53.1 Å². The molecule has 0 N–H and O–H groups in total. The molecule has 3 aromatic carbocycles. The van der Waals surface area contributed by atoms with E-state index >= 15 is 0 Å². The minimum absolute atomic E-state index is 0.0397. The van der Waals surface area contributed by atoms with Crippen molar-refractivity contribution in [1.82, 2.24) is 9.55 Å². The van der Waals surface area contributed by atoms with Gasteiger partial charge < -0.3 is 4.57 Å². The molecule has 2 heterocycles. The summed E-state index contributed by atoms with van der Waals surface area (Å²) in [6.45, 7) is 6.18. The van der Waals surface area contributed by atoms with Crippen molar-refractivity contribution in [1.29, 1.82) is 0 Å². The second-order valence-electron chi connectivity index (χ2n) is 8.12. The normalized spacial score (nSPS) is 10.9. The van der Waals surface area contributed by atoms with Crippen LogP contribution >= 0.6 is 0 Å². The van der Waals surface area contributed by atoms with Crippen molar-refractivity contribution in [2.24, 2.45) is 4.99 Å². The summed E-state index contributed by atoms with van der Waals surface area (Å²) in [6, 6.07) is 26.5. The summed E-state index contributed by atoms with van der Waals surface area (Å²) in [5.74, 6) is 0. The Balaban J connectivity index is 1.46. The zero-order chi connectivity index (χ0) is 22.8. The minimum Gasteiger partial charge on any atom is -0.311 e. The molecule has 33 heavy (non-hydrogen) atoms. The zero-order valence-electron chi connectivity index (χ0n) is 18.4. The van der Waals surface area contributed by atoms with E-state index < -0.39 is 0 Å². The smallest absolute Gasteiger partial charge is 0.260 e. The molecule has 5 rings (SSSR count). The van der Waals surface area contributed by atoms with E-state index in [1.165, 1.54) is 0 Å². The van der Waals surface area contributed by atoms with Gasteiger partial charge in [-0.1, -0.05) is 66.7 Å². The lowest BCUT2D eigenvalue weighted by molar-refractivity contribution is 0.768. The Morgan fingerprint density at radius 2 is 1.61 bits per heavy atom. The van der Waals surface area contributed by atoms with Crippen LogP contribution in [0.25, 0.3) is 33.0 Å².